The third-order valence-electron chi connectivity index (χ3n) is 3.70. The summed E-state index contributed by atoms with van der Waals surface area (Å²) in [6, 6.07) is 11.4. The summed E-state index contributed by atoms with van der Waals surface area (Å²) in [7, 11) is 0. The zero-order valence-corrected chi connectivity index (χ0v) is 13.0. The third kappa shape index (κ3) is 3.24. The highest BCUT2D eigenvalue weighted by Gasteiger charge is 2.13. The van der Waals surface area contributed by atoms with Crippen molar-refractivity contribution in [1.29, 1.82) is 0 Å². The molecule has 0 aliphatic rings. The molecule has 3 heteroatoms. The van der Waals surface area contributed by atoms with E-state index in [0.29, 0.717) is 17.2 Å². The number of hydrogen-bond donors (Lipinski definition) is 2. The molecule has 0 saturated heterocycles. The van der Waals surface area contributed by atoms with Crippen molar-refractivity contribution in [2.75, 3.05) is 11.1 Å². The Morgan fingerprint density at radius 3 is 2.43 bits per heavy atom. The number of amides is 1. The Labute approximate surface area is 126 Å². The lowest BCUT2D eigenvalue weighted by Gasteiger charge is -2.16. The Morgan fingerprint density at radius 2 is 1.81 bits per heavy atom. The van der Waals surface area contributed by atoms with E-state index in [4.69, 9.17) is 5.73 Å². The van der Waals surface area contributed by atoms with Gasteiger partial charge in [0.1, 0.15) is 0 Å². The Bertz CT molecular complexity index is 675. The molecule has 2 aromatic rings. The van der Waals surface area contributed by atoms with E-state index in [9.17, 15) is 4.79 Å². The first-order valence-electron chi connectivity index (χ1n) is 7.17. The normalized spacial score (nSPS) is 10.7. The van der Waals surface area contributed by atoms with Crippen molar-refractivity contribution in [3.05, 3.63) is 58.7 Å². The van der Waals surface area contributed by atoms with Gasteiger partial charge in [-0.25, -0.2) is 0 Å². The van der Waals surface area contributed by atoms with E-state index >= 15 is 0 Å². The van der Waals surface area contributed by atoms with E-state index in [-0.39, 0.29) is 5.91 Å². The molecule has 2 rings (SSSR count). The molecule has 0 fully saturated rings. The lowest BCUT2D eigenvalue weighted by atomic mass is 9.98. The molecule has 0 unspecified atom stereocenters. The van der Waals surface area contributed by atoms with Gasteiger partial charge in [0.15, 0.2) is 0 Å². The van der Waals surface area contributed by atoms with E-state index in [0.717, 1.165) is 22.4 Å². The van der Waals surface area contributed by atoms with Crippen LogP contribution in [0.1, 0.15) is 46.8 Å². The van der Waals surface area contributed by atoms with E-state index in [1.165, 1.54) is 0 Å². The molecule has 1 amide bonds. The van der Waals surface area contributed by atoms with Crippen LogP contribution in [-0.2, 0) is 0 Å². The van der Waals surface area contributed by atoms with Gasteiger partial charge < -0.3 is 11.1 Å². The number of para-hydroxylation sites is 1. The summed E-state index contributed by atoms with van der Waals surface area (Å²) in [5.41, 5.74) is 11.2. The standard InChI is InChI=1S/C18H22N2O/c1-11(2)15-7-5-6-12(3)17(15)20-18(21)14-8-9-16(19)13(4)10-14/h5-11H,19H2,1-4H3,(H,20,21). The summed E-state index contributed by atoms with van der Waals surface area (Å²) in [4.78, 5) is 12.5. The molecule has 110 valence electrons. The van der Waals surface area contributed by atoms with Gasteiger partial charge in [-0.2, -0.15) is 0 Å². The maximum absolute atomic E-state index is 12.5. The minimum atomic E-state index is -0.103. The number of nitrogens with one attached hydrogen (secondary N) is 1. The summed E-state index contributed by atoms with van der Waals surface area (Å²) in [5.74, 6) is 0.252. The molecule has 0 aliphatic carbocycles. The molecular formula is C18H22N2O. The highest BCUT2D eigenvalue weighted by molar-refractivity contribution is 6.05. The number of anilines is 2. The van der Waals surface area contributed by atoms with E-state index in [2.05, 4.69) is 25.2 Å². The van der Waals surface area contributed by atoms with Crippen LogP contribution in [0, 0.1) is 13.8 Å². The number of rotatable bonds is 3. The molecule has 0 spiro atoms. The fourth-order valence-corrected chi connectivity index (χ4v) is 2.34. The van der Waals surface area contributed by atoms with Crippen LogP contribution in [0.3, 0.4) is 0 Å². The molecule has 0 bridgehead atoms. The van der Waals surface area contributed by atoms with Crippen molar-refractivity contribution >= 4 is 17.3 Å². The number of benzene rings is 2. The van der Waals surface area contributed by atoms with E-state index in [1.54, 1.807) is 12.1 Å². The molecule has 21 heavy (non-hydrogen) atoms. The second-order valence-corrected chi connectivity index (χ2v) is 5.72. The van der Waals surface area contributed by atoms with Crippen molar-refractivity contribution in [2.45, 2.75) is 33.6 Å². The Hall–Kier alpha value is -2.29. The Kier molecular flexibility index (Phi) is 4.32. The van der Waals surface area contributed by atoms with Crippen LogP contribution in [0.5, 0.6) is 0 Å². The van der Waals surface area contributed by atoms with E-state index < -0.39 is 0 Å². The predicted octanol–water partition coefficient (Wildman–Crippen LogP) is 4.26. The van der Waals surface area contributed by atoms with Crippen molar-refractivity contribution in [1.82, 2.24) is 0 Å². The van der Waals surface area contributed by atoms with Gasteiger partial charge in [0.05, 0.1) is 0 Å². The summed E-state index contributed by atoms with van der Waals surface area (Å²) < 4.78 is 0. The Morgan fingerprint density at radius 1 is 1.10 bits per heavy atom. The molecule has 2 aromatic carbocycles. The average molecular weight is 282 g/mol. The second-order valence-electron chi connectivity index (χ2n) is 5.72. The third-order valence-corrected chi connectivity index (χ3v) is 3.70. The largest absolute Gasteiger partial charge is 0.399 e. The van der Waals surface area contributed by atoms with Gasteiger partial charge in [-0.15, -0.1) is 0 Å². The monoisotopic (exact) mass is 282 g/mol. The summed E-state index contributed by atoms with van der Waals surface area (Å²) in [6.45, 7) is 8.16. The fraction of sp³-hybridized carbons (Fsp3) is 0.278. The van der Waals surface area contributed by atoms with Crippen LogP contribution < -0.4 is 11.1 Å². The lowest BCUT2D eigenvalue weighted by Crippen LogP contribution is -2.15. The fourth-order valence-electron chi connectivity index (χ4n) is 2.34. The number of aryl methyl sites for hydroxylation is 2. The highest BCUT2D eigenvalue weighted by Crippen LogP contribution is 2.28. The number of nitrogen functional groups attached to an aromatic ring is 1. The van der Waals surface area contributed by atoms with Crippen LogP contribution in [0.25, 0.3) is 0 Å². The summed E-state index contributed by atoms with van der Waals surface area (Å²) in [6.07, 6.45) is 0. The summed E-state index contributed by atoms with van der Waals surface area (Å²) in [5, 5.41) is 3.04. The molecule has 0 heterocycles. The summed E-state index contributed by atoms with van der Waals surface area (Å²) >= 11 is 0. The highest BCUT2D eigenvalue weighted by atomic mass is 16.1. The van der Waals surface area contributed by atoms with Gasteiger partial charge in [-0.1, -0.05) is 32.0 Å². The van der Waals surface area contributed by atoms with Gasteiger partial charge in [0, 0.05) is 16.9 Å². The van der Waals surface area contributed by atoms with Gasteiger partial charge in [-0.05, 0) is 54.7 Å². The first kappa shape index (κ1) is 15.1. The van der Waals surface area contributed by atoms with Crippen LogP contribution in [0.2, 0.25) is 0 Å². The van der Waals surface area contributed by atoms with Crippen LogP contribution in [-0.4, -0.2) is 5.91 Å². The van der Waals surface area contributed by atoms with Crippen LogP contribution >= 0.6 is 0 Å². The number of nitrogens with two attached hydrogens (primary N) is 1. The number of carbonyl (C=O) groups excluding carboxylic acids is 1. The number of hydrogen-bond acceptors (Lipinski definition) is 2. The minimum absolute atomic E-state index is 0.103. The maximum Gasteiger partial charge on any atom is 0.255 e. The van der Waals surface area contributed by atoms with Crippen LogP contribution in [0.15, 0.2) is 36.4 Å². The predicted molar refractivity (Wildman–Crippen MR) is 88.8 cm³/mol. The molecule has 0 radical (unpaired) electrons. The van der Waals surface area contributed by atoms with Crippen molar-refractivity contribution in [2.24, 2.45) is 0 Å². The van der Waals surface area contributed by atoms with Gasteiger partial charge in [0.25, 0.3) is 5.91 Å². The zero-order chi connectivity index (χ0) is 15.6. The Balaban J connectivity index is 2.33. The number of carbonyl (C=O) groups is 1. The zero-order valence-electron chi connectivity index (χ0n) is 13.0. The smallest absolute Gasteiger partial charge is 0.255 e. The van der Waals surface area contributed by atoms with Crippen LogP contribution in [0.4, 0.5) is 11.4 Å². The van der Waals surface area contributed by atoms with Crippen molar-refractivity contribution in [3.8, 4) is 0 Å². The topological polar surface area (TPSA) is 55.1 Å². The molecule has 0 saturated carbocycles. The lowest BCUT2D eigenvalue weighted by molar-refractivity contribution is 0.102. The molecular weight excluding hydrogens is 260 g/mol. The first-order valence-corrected chi connectivity index (χ1v) is 7.17. The molecule has 3 N–H and O–H groups in total. The quantitative estimate of drug-likeness (QED) is 0.826. The van der Waals surface area contributed by atoms with Gasteiger partial charge in [0.2, 0.25) is 0 Å². The van der Waals surface area contributed by atoms with Crippen molar-refractivity contribution < 1.29 is 4.79 Å². The molecule has 3 nitrogen and oxygen atoms in total. The minimum Gasteiger partial charge on any atom is -0.399 e. The SMILES string of the molecule is Cc1cc(C(=O)Nc2c(C)cccc2C(C)C)ccc1N. The molecule has 0 aromatic heterocycles. The van der Waals surface area contributed by atoms with Crippen molar-refractivity contribution in [3.63, 3.8) is 0 Å². The molecule has 0 aliphatic heterocycles. The van der Waals surface area contributed by atoms with Gasteiger partial charge >= 0.3 is 0 Å². The molecule has 0 atom stereocenters. The first-order chi connectivity index (χ1) is 9.90. The maximum atomic E-state index is 12.5. The van der Waals surface area contributed by atoms with E-state index in [1.807, 2.05) is 32.0 Å². The average Bonchev–Trinajstić information content (AvgIpc) is 2.43. The second kappa shape index (κ2) is 6.00. The van der Waals surface area contributed by atoms with Gasteiger partial charge in [-0.3, -0.25) is 4.79 Å².